The van der Waals surface area contributed by atoms with E-state index in [1.54, 1.807) is 30.3 Å². The Hall–Kier alpha value is -4.26. The van der Waals surface area contributed by atoms with Crippen LogP contribution in [0.1, 0.15) is 11.1 Å². The van der Waals surface area contributed by atoms with Gasteiger partial charge in [-0.15, -0.1) is 5.10 Å². The van der Waals surface area contributed by atoms with Crippen molar-refractivity contribution in [1.29, 1.82) is 0 Å². The molecule has 0 fully saturated rings. The number of aldehydes is 1. The topological polar surface area (TPSA) is 60.7 Å². The second-order valence-electron chi connectivity index (χ2n) is 6.55. The second kappa shape index (κ2) is 9.04. The Balaban J connectivity index is 2.03. The van der Waals surface area contributed by atoms with E-state index >= 15 is 0 Å². The molecule has 0 N–H and O–H groups in total. The Morgan fingerprint density at radius 1 is 0.806 bits per heavy atom. The van der Waals surface area contributed by atoms with Crippen molar-refractivity contribution >= 4 is 17.6 Å². The first-order valence-corrected chi connectivity index (χ1v) is 9.39. The summed E-state index contributed by atoms with van der Waals surface area (Å²) in [7, 11) is 0. The molecule has 1 heterocycles. The van der Waals surface area contributed by atoms with E-state index in [0.717, 1.165) is 5.56 Å². The van der Waals surface area contributed by atoms with Crippen LogP contribution in [-0.4, -0.2) is 26.5 Å². The van der Waals surface area contributed by atoms with Crippen LogP contribution in [-0.2, 0) is 4.79 Å². The van der Waals surface area contributed by atoms with Crippen LogP contribution < -0.4 is 0 Å². The summed E-state index contributed by atoms with van der Waals surface area (Å²) in [5, 5.41) is 12.1. The fourth-order valence-corrected chi connectivity index (χ4v) is 3.20. The van der Waals surface area contributed by atoms with Gasteiger partial charge in [0, 0.05) is 11.1 Å². The Labute approximate surface area is 177 Å². The molecular formula is C24H16F2N4O. The van der Waals surface area contributed by atoms with Crippen LogP contribution in [0.2, 0.25) is 0 Å². The maximum Gasteiger partial charge on any atom is 0.187 e. The number of aromatic nitrogens is 4. The summed E-state index contributed by atoms with van der Waals surface area (Å²) < 4.78 is 28.7. The van der Waals surface area contributed by atoms with Crippen LogP contribution in [0.4, 0.5) is 8.78 Å². The van der Waals surface area contributed by atoms with Gasteiger partial charge in [-0.25, -0.2) is 8.78 Å². The molecule has 0 bridgehead atoms. The van der Waals surface area contributed by atoms with Crippen molar-refractivity contribution in [2.75, 3.05) is 0 Å². The van der Waals surface area contributed by atoms with Gasteiger partial charge in [0.05, 0.1) is 5.70 Å². The van der Waals surface area contributed by atoms with Gasteiger partial charge in [0.1, 0.15) is 17.9 Å². The zero-order valence-electron chi connectivity index (χ0n) is 16.2. The number of halogens is 2. The van der Waals surface area contributed by atoms with E-state index in [1.165, 1.54) is 35.0 Å². The Kier molecular flexibility index (Phi) is 5.84. The fraction of sp³-hybridized carbons (Fsp3) is 0. The van der Waals surface area contributed by atoms with Crippen LogP contribution in [0.3, 0.4) is 0 Å². The van der Waals surface area contributed by atoms with E-state index < -0.39 is 0 Å². The fourth-order valence-electron chi connectivity index (χ4n) is 3.20. The zero-order chi connectivity index (χ0) is 21.6. The molecule has 7 heteroatoms. The van der Waals surface area contributed by atoms with Crippen molar-refractivity contribution in [1.82, 2.24) is 20.2 Å². The van der Waals surface area contributed by atoms with Gasteiger partial charge in [0.15, 0.2) is 5.82 Å². The number of tetrazole rings is 1. The Bertz CT molecular complexity index is 1200. The van der Waals surface area contributed by atoms with Gasteiger partial charge >= 0.3 is 0 Å². The minimum absolute atomic E-state index is 0.389. The molecule has 0 aliphatic carbocycles. The monoisotopic (exact) mass is 414 g/mol. The lowest BCUT2D eigenvalue weighted by Crippen LogP contribution is -2.05. The lowest BCUT2D eigenvalue weighted by Gasteiger charge is -2.15. The van der Waals surface area contributed by atoms with Gasteiger partial charge in [0.2, 0.25) is 0 Å². The van der Waals surface area contributed by atoms with Gasteiger partial charge in [0.25, 0.3) is 0 Å². The second-order valence-corrected chi connectivity index (χ2v) is 6.55. The molecule has 0 saturated carbocycles. The number of hydrogen-bond donors (Lipinski definition) is 0. The smallest absolute Gasteiger partial charge is 0.187 e. The summed E-state index contributed by atoms with van der Waals surface area (Å²) in [4.78, 5) is 11.1. The summed E-state index contributed by atoms with van der Waals surface area (Å²) in [6, 6.07) is 21.1. The highest BCUT2D eigenvalue weighted by molar-refractivity contribution is 5.97. The molecule has 0 radical (unpaired) electrons. The highest BCUT2D eigenvalue weighted by Gasteiger charge is 2.18. The van der Waals surface area contributed by atoms with Crippen molar-refractivity contribution < 1.29 is 13.6 Å². The molecule has 0 unspecified atom stereocenters. The summed E-state index contributed by atoms with van der Waals surface area (Å²) >= 11 is 0. The molecule has 0 aliphatic rings. The Morgan fingerprint density at radius 2 is 1.39 bits per heavy atom. The van der Waals surface area contributed by atoms with Crippen molar-refractivity contribution in [3.63, 3.8) is 0 Å². The summed E-state index contributed by atoms with van der Waals surface area (Å²) in [5.74, 6) is -0.327. The van der Waals surface area contributed by atoms with E-state index in [0.29, 0.717) is 34.5 Å². The predicted molar refractivity (Wildman–Crippen MR) is 113 cm³/mol. The van der Waals surface area contributed by atoms with E-state index in [1.807, 2.05) is 30.3 Å². The van der Waals surface area contributed by atoms with Gasteiger partial charge in [-0.2, -0.15) is 4.68 Å². The molecule has 4 rings (SSSR count). The van der Waals surface area contributed by atoms with Crippen molar-refractivity contribution in [2.24, 2.45) is 0 Å². The minimum Gasteiger partial charge on any atom is -0.299 e. The number of carbonyl (C=O) groups is 1. The maximum atomic E-state index is 13.6. The average molecular weight is 414 g/mol. The molecular weight excluding hydrogens is 398 g/mol. The number of allylic oxidation sites excluding steroid dienone is 3. The SMILES string of the molecule is O=C/C=C/C(=C(c1ccc(F)cc1)c1ccc(F)cc1)n1nnnc1-c1ccccc1. The standard InChI is InChI=1S/C24H16F2N4O/c25-20-12-8-17(9-13-20)23(18-10-14-21(26)15-11-18)22(7-4-16-31)30-24(27-28-29-30)19-5-2-1-3-6-19/h1-16H/b7-4+. The number of rotatable bonds is 6. The third-order valence-corrected chi connectivity index (χ3v) is 4.58. The predicted octanol–water partition coefficient (Wildman–Crippen LogP) is 4.79. The molecule has 5 nitrogen and oxygen atoms in total. The summed E-state index contributed by atoms with van der Waals surface area (Å²) in [6.45, 7) is 0. The molecule has 0 saturated heterocycles. The van der Waals surface area contributed by atoms with E-state index in [-0.39, 0.29) is 11.6 Å². The lowest BCUT2D eigenvalue weighted by atomic mass is 9.95. The highest BCUT2D eigenvalue weighted by atomic mass is 19.1. The lowest BCUT2D eigenvalue weighted by molar-refractivity contribution is -0.104. The number of benzene rings is 3. The molecule has 31 heavy (non-hydrogen) atoms. The van der Waals surface area contributed by atoms with Gasteiger partial charge in [-0.05, 0) is 58.0 Å². The number of hydrogen-bond acceptors (Lipinski definition) is 4. The van der Waals surface area contributed by atoms with Crippen molar-refractivity contribution in [3.8, 4) is 11.4 Å². The van der Waals surface area contributed by atoms with Gasteiger partial charge < -0.3 is 0 Å². The molecule has 4 aromatic rings. The molecule has 152 valence electrons. The van der Waals surface area contributed by atoms with Crippen LogP contribution in [0.5, 0.6) is 0 Å². The molecule has 0 spiro atoms. The third-order valence-electron chi connectivity index (χ3n) is 4.58. The summed E-state index contributed by atoms with van der Waals surface area (Å²) in [5.41, 5.74) is 3.12. The molecule has 3 aromatic carbocycles. The largest absolute Gasteiger partial charge is 0.299 e. The van der Waals surface area contributed by atoms with Crippen LogP contribution >= 0.6 is 0 Å². The number of nitrogens with zero attached hydrogens (tertiary/aromatic N) is 4. The Morgan fingerprint density at radius 3 is 1.94 bits per heavy atom. The molecule has 1 aromatic heterocycles. The molecule has 0 atom stereocenters. The van der Waals surface area contributed by atoms with Gasteiger partial charge in [-0.1, -0.05) is 54.6 Å². The van der Waals surface area contributed by atoms with Crippen LogP contribution in [0.25, 0.3) is 22.7 Å². The first-order valence-electron chi connectivity index (χ1n) is 9.39. The van der Waals surface area contributed by atoms with Crippen molar-refractivity contribution in [3.05, 3.63) is 114 Å². The minimum atomic E-state index is -0.389. The molecule has 0 amide bonds. The maximum absolute atomic E-state index is 13.6. The van der Waals surface area contributed by atoms with Crippen LogP contribution in [0.15, 0.2) is 91.0 Å². The zero-order valence-corrected chi connectivity index (χ0v) is 16.2. The third kappa shape index (κ3) is 4.35. The summed E-state index contributed by atoms with van der Waals surface area (Å²) in [6.07, 6.45) is 3.52. The van der Waals surface area contributed by atoms with E-state index in [4.69, 9.17) is 0 Å². The highest BCUT2D eigenvalue weighted by Crippen LogP contribution is 2.32. The first kappa shape index (κ1) is 20.0. The average Bonchev–Trinajstić information content (AvgIpc) is 3.29. The van der Waals surface area contributed by atoms with Gasteiger partial charge in [-0.3, -0.25) is 4.79 Å². The first-order chi connectivity index (χ1) is 15.2. The van der Waals surface area contributed by atoms with Crippen LogP contribution in [0, 0.1) is 11.6 Å². The van der Waals surface area contributed by atoms with Crippen molar-refractivity contribution in [2.45, 2.75) is 0 Å². The number of carbonyl (C=O) groups excluding carboxylic acids is 1. The van der Waals surface area contributed by atoms with E-state index in [9.17, 15) is 13.6 Å². The normalized spacial score (nSPS) is 10.9. The molecule has 0 aliphatic heterocycles. The quantitative estimate of drug-likeness (QED) is 0.259. The van der Waals surface area contributed by atoms with E-state index in [2.05, 4.69) is 15.5 Å².